The third-order valence-electron chi connectivity index (χ3n) is 3.73. The highest BCUT2D eigenvalue weighted by molar-refractivity contribution is 7.99. The Hall–Kier alpha value is -0.330. The maximum atomic E-state index is 6.13. The molecule has 0 amide bonds. The van der Waals surface area contributed by atoms with Crippen LogP contribution in [0.1, 0.15) is 26.2 Å². The number of fused-ring (bicyclic) bond motifs is 3. The van der Waals surface area contributed by atoms with Crippen LogP contribution < -0.4 is 4.74 Å². The van der Waals surface area contributed by atoms with Gasteiger partial charge in [0.05, 0.1) is 11.7 Å². The van der Waals surface area contributed by atoms with Gasteiger partial charge >= 0.3 is 0 Å². The number of aromatic nitrogens is 2. The highest BCUT2D eigenvalue weighted by atomic mass is 32.2. The number of hydrogen-bond donors (Lipinski definition) is 0. The Bertz CT molecular complexity index is 390. The van der Waals surface area contributed by atoms with Crippen LogP contribution in [0.25, 0.3) is 0 Å². The van der Waals surface area contributed by atoms with Crippen LogP contribution in [0.2, 0.25) is 0 Å². The van der Waals surface area contributed by atoms with Gasteiger partial charge in [0.25, 0.3) is 5.88 Å². The minimum Gasteiger partial charge on any atom is -0.470 e. The third-order valence-corrected chi connectivity index (χ3v) is 5.51. The first-order chi connectivity index (χ1) is 8.86. The molecule has 6 heteroatoms. The summed E-state index contributed by atoms with van der Waals surface area (Å²) in [5.41, 5.74) is 0. The summed E-state index contributed by atoms with van der Waals surface area (Å²) in [7, 11) is 0. The van der Waals surface area contributed by atoms with Crippen molar-refractivity contribution in [1.29, 1.82) is 0 Å². The zero-order valence-electron chi connectivity index (χ0n) is 10.7. The number of ether oxygens (including phenoxy) is 1. The van der Waals surface area contributed by atoms with Crippen LogP contribution >= 0.6 is 23.5 Å². The maximum absolute atomic E-state index is 6.13. The lowest BCUT2D eigenvalue weighted by Gasteiger charge is -2.44. The van der Waals surface area contributed by atoms with Crippen LogP contribution in [-0.2, 0) is 0 Å². The van der Waals surface area contributed by atoms with E-state index in [0.29, 0.717) is 6.10 Å². The monoisotopic (exact) mass is 285 g/mol. The van der Waals surface area contributed by atoms with Gasteiger partial charge in [-0.3, -0.25) is 4.90 Å². The zero-order chi connectivity index (χ0) is 12.4. The van der Waals surface area contributed by atoms with Crippen molar-refractivity contribution in [3.63, 3.8) is 0 Å². The Morgan fingerprint density at radius 3 is 2.89 bits per heavy atom. The molecule has 1 aromatic heterocycles. The molecular formula is C12H19N3OS2. The van der Waals surface area contributed by atoms with E-state index in [1.807, 2.05) is 0 Å². The molecule has 0 aromatic carbocycles. The summed E-state index contributed by atoms with van der Waals surface area (Å²) in [6.45, 7) is 5.75. The van der Waals surface area contributed by atoms with Crippen LogP contribution in [0, 0.1) is 5.92 Å². The van der Waals surface area contributed by atoms with Gasteiger partial charge in [0, 0.05) is 6.54 Å². The van der Waals surface area contributed by atoms with E-state index >= 15 is 0 Å². The van der Waals surface area contributed by atoms with Gasteiger partial charge in [0.1, 0.15) is 6.10 Å². The first-order valence-electron chi connectivity index (χ1n) is 6.71. The van der Waals surface area contributed by atoms with Crippen molar-refractivity contribution in [2.24, 2.45) is 5.92 Å². The van der Waals surface area contributed by atoms with E-state index in [4.69, 9.17) is 4.74 Å². The van der Waals surface area contributed by atoms with Crippen molar-refractivity contribution in [3.8, 4) is 5.88 Å². The standard InChI is InChI=1S/C12H19N3OS2/c1-2-7-17-12-11(13-18-14-12)16-10-8-15-5-3-9(10)4-6-15/h9-10H,2-8H2,1H3/t10-/m1/s1. The van der Waals surface area contributed by atoms with E-state index in [-0.39, 0.29) is 0 Å². The first-order valence-corrected chi connectivity index (χ1v) is 8.42. The molecule has 3 fully saturated rings. The van der Waals surface area contributed by atoms with Gasteiger partial charge in [-0.15, -0.1) is 4.37 Å². The average molecular weight is 285 g/mol. The largest absolute Gasteiger partial charge is 0.470 e. The lowest BCUT2D eigenvalue weighted by molar-refractivity contribution is -0.0110. The fourth-order valence-corrected chi connectivity index (χ4v) is 4.10. The second kappa shape index (κ2) is 5.75. The second-order valence-electron chi connectivity index (χ2n) is 5.02. The zero-order valence-corrected chi connectivity index (χ0v) is 12.3. The summed E-state index contributed by atoms with van der Waals surface area (Å²) in [6, 6.07) is 0. The summed E-state index contributed by atoms with van der Waals surface area (Å²) < 4.78 is 14.8. The summed E-state index contributed by atoms with van der Waals surface area (Å²) in [5, 5.41) is 0.985. The Morgan fingerprint density at radius 1 is 1.39 bits per heavy atom. The van der Waals surface area contributed by atoms with Crippen molar-refractivity contribution in [3.05, 3.63) is 0 Å². The molecule has 3 aliphatic rings. The predicted molar refractivity (Wildman–Crippen MR) is 74.5 cm³/mol. The summed E-state index contributed by atoms with van der Waals surface area (Å²) in [4.78, 5) is 2.50. The molecule has 3 aliphatic heterocycles. The number of hydrogen-bond acceptors (Lipinski definition) is 6. The first kappa shape index (κ1) is 12.7. The molecule has 18 heavy (non-hydrogen) atoms. The van der Waals surface area contributed by atoms with E-state index in [1.165, 1.54) is 37.7 Å². The van der Waals surface area contributed by atoms with E-state index in [1.54, 1.807) is 11.8 Å². The molecule has 4 nitrogen and oxygen atoms in total. The molecule has 2 bridgehead atoms. The van der Waals surface area contributed by atoms with Gasteiger partial charge in [-0.2, -0.15) is 4.37 Å². The number of rotatable bonds is 5. The van der Waals surface area contributed by atoms with E-state index in [9.17, 15) is 0 Å². The lowest BCUT2D eigenvalue weighted by Crippen LogP contribution is -2.52. The minimum absolute atomic E-state index is 0.331. The van der Waals surface area contributed by atoms with Crippen molar-refractivity contribution in [2.75, 3.05) is 25.4 Å². The normalized spacial score (nSPS) is 30.6. The molecule has 0 N–H and O–H groups in total. The molecule has 1 aromatic rings. The lowest BCUT2D eigenvalue weighted by atomic mass is 9.86. The molecule has 0 saturated carbocycles. The van der Waals surface area contributed by atoms with Gasteiger partial charge in [-0.1, -0.05) is 18.7 Å². The fraction of sp³-hybridized carbons (Fsp3) is 0.833. The highest BCUT2D eigenvalue weighted by Crippen LogP contribution is 2.33. The van der Waals surface area contributed by atoms with Crippen molar-refractivity contribution < 1.29 is 4.74 Å². The number of nitrogens with zero attached hydrogens (tertiary/aromatic N) is 3. The van der Waals surface area contributed by atoms with Crippen molar-refractivity contribution in [1.82, 2.24) is 13.6 Å². The van der Waals surface area contributed by atoms with Crippen molar-refractivity contribution in [2.45, 2.75) is 37.3 Å². The van der Waals surface area contributed by atoms with E-state index < -0.39 is 0 Å². The molecule has 0 unspecified atom stereocenters. The van der Waals surface area contributed by atoms with Gasteiger partial charge in [0.15, 0.2) is 5.03 Å². The van der Waals surface area contributed by atoms with Crippen molar-refractivity contribution >= 4 is 23.5 Å². The molecule has 100 valence electrons. The smallest absolute Gasteiger partial charge is 0.260 e. The fourth-order valence-electron chi connectivity index (χ4n) is 2.72. The SMILES string of the molecule is CCCSc1nsnc1O[C@@H]1CN2CCC1CC2. The molecule has 0 spiro atoms. The minimum atomic E-state index is 0.331. The molecule has 0 radical (unpaired) electrons. The molecule has 3 saturated heterocycles. The summed E-state index contributed by atoms with van der Waals surface area (Å²) >= 11 is 3.03. The molecular weight excluding hydrogens is 266 g/mol. The Kier molecular flexibility index (Phi) is 4.06. The summed E-state index contributed by atoms with van der Waals surface area (Å²) in [5.74, 6) is 2.58. The van der Waals surface area contributed by atoms with Gasteiger partial charge in [0.2, 0.25) is 0 Å². The molecule has 0 aliphatic carbocycles. The van der Waals surface area contributed by atoms with Gasteiger partial charge in [-0.05, 0) is 44.0 Å². The average Bonchev–Trinajstić information content (AvgIpc) is 2.85. The second-order valence-corrected chi connectivity index (χ2v) is 6.63. The number of thioether (sulfide) groups is 1. The van der Waals surface area contributed by atoms with Crippen LogP contribution in [0.15, 0.2) is 5.03 Å². The van der Waals surface area contributed by atoms with Crippen LogP contribution in [0.3, 0.4) is 0 Å². The van der Waals surface area contributed by atoms with E-state index in [0.717, 1.165) is 35.5 Å². The third kappa shape index (κ3) is 2.65. The topological polar surface area (TPSA) is 38.3 Å². The van der Waals surface area contributed by atoms with Crippen LogP contribution in [-0.4, -0.2) is 45.1 Å². The molecule has 4 rings (SSSR count). The Morgan fingerprint density at radius 2 is 2.22 bits per heavy atom. The van der Waals surface area contributed by atoms with Crippen LogP contribution in [0.4, 0.5) is 0 Å². The number of piperidine rings is 3. The molecule has 4 heterocycles. The highest BCUT2D eigenvalue weighted by Gasteiger charge is 2.36. The predicted octanol–water partition coefficient (Wildman–Crippen LogP) is 2.51. The van der Waals surface area contributed by atoms with Crippen LogP contribution in [0.5, 0.6) is 5.88 Å². The Labute approximate surface area is 116 Å². The maximum Gasteiger partial charge on any atom is 0.260 e. The Balaban J connectivity index is 1.63. The quantitative estimate of drug-likeness (QED) is 0.777. The van der Waals surface area contributed by atoms with E-state index in [2.05, 4.69) is 20.6 Å². The summed E-state index contributed by atoms with van der Waals surface area (Å²) in [6.07, 6.45) is 4.04. The van der Waals surface area contributed by atoms with Gasteiger partial charge < -0.3 is 4.74 Å². The molecule has 1 atom stereocenters. The van der Waals surface area contributed by atoms with Gasteiger partial charge in [-0.25, -0.2) is 0 Å².